The van der Waals surface area contributed by atoms with E-state index >= 15 is 0 Å². The highest BCUT2D eigenvalue weighted by Crippen LogP contribution is 2.32. The van der Waals surface area contributed by atoms with Crippen molar-refractivity contribution in [2.45, 2.75) is 57.4 Å². The van der Waals surface area contributed by atoms with Crippen molar-refractivity contribution in [3.63, 3.8) is 0 Å². The van der Waals surface area contributed by atoms with Gasteiger partial charge in [-0.05, 0) is 35.2 Å². The lowest BCUT2D eigenvalue weighted by Crippen LogP contribution is -2.64. The SMILES string of the molecule is Cc1ccccc1O[C@H]1O[C@H](COCc2ccccc2)[C@H](OCc2ccccc2)[C@H](OCc2ccccc2)[C@H]1[N+](=O)[O-]. The average molecular weight is 570 g/mol. The van der Waals surface area contributed by atoms with E-state index in [1.54, 1.807) is 6.07 Å². The summed E-state index contributed by atoms with van der Waals surface area (Å²) in [7, 11) is 0. The Morgan fingerprint density at radius 1 is 0.690 bits per heavy atom. The van der Waals surface area contributed by atoms with Crippen molar-refractivity contribution < 1.29 is 28.6 Å². The predicted molar refractivity (Wildman–Crippen MR) is 157 cm³/mol. The summed E-state index contributed by atoms with van der Waals surface area (Å²) in [6.07, 6.45) is -3.74. The Morgan fingerprint density at radius 2 is 1.19 bits per heavy atom. The normalized spacial score (nSPS) is 22.0. The van der Waals surface area contributed by atoms with Crippen molar-refractivity contribution in [2.24, 2.45) is 0 Å². The first kappa shape index (κ1) is 29.4. The molecule has 8 nitrogen and oxygen atoms in total. The Kier molecular flexibility index (Phi) is 10.3. The molecule has 5 rings (SSSR count). The molecule has 0 radical (unpaired) electrons. The van der Waals surface area contributed by atoms with Gasteiger partial charge in [-0.15, -0.1) is 0 Å². The smallest absolute Gasteiger partial charge is 0.302 e. The van der Waals surface area contributed by atoms with Crippen LogP contribution in [-0.4, -0.2) is 42.2 Å². The molecule has 0 aromatic heterocycles. The van der Waals surface area contributed by atoms with Gasteiger partial charge in [-0.2, -0.15) is 0 Å². The monoisotopic (exact) mass is 569 g/mol. The van der Waals surface area contributed by atoms with Gasteiger partial charge in [-0.3, -0.25) is 10.1 Å². The van der Waals surface area contributed by atoms with Crippen LogP contribution in [0.25, 0.3) is 0 Å². The number of aryl methyl sites for hydroxylation is 1. The Bertz CT molecular complexity index is 1390. The van der Waals surface area contributed by atoms with Gasteiger partial charge in [0.25, 0.3) is 6.29 Å². The molecule has 0 N–H and O–H groups in total. The van der Waals surface area contributed by atoms with Crippen LogP contribution < -0.4 is 4.74 Å². The van der Waals surface area contributed by atoms with Gasteiger partial charge in [0.05, 0.1) is 26.4 Å². The fraction of sp³-hybridized carbons (Fsp3) is 0.294. The number of hydrogen-bond acceptors (Lipinski definition) is 7. The van der Waals surface area contributed by atoms with E-state index in [0.717, 1.165) is 22.3 Å². The maximum Gasteiger partial charge on any atom is 0.302 e. The minimum absolute atomic E-state index is 0.123. The van der Waals surface area contributed by atoms with E-state index in [4.69, 9.17) is 23.7 Å². The Hall–Kier alpha value is -4.08. The molecule has 1 fully saturated rings. The number of benzene rings is 4. The summed E-state index contributed by atoms with van der Waals surface area (Å²) >= 11 is 0. The summed E-state index contributed by atoms with van der Waals surface area (Å²) in [6.45, 7) is 2.74. The predicted octanol–water partition coefficient (Wildman–Crippen LogP) is 6.13. The van der Waals surface area contributed by atoms with Crippen LogP contribution in [0.15, 0.2) is 115 Å². The average Bonchev–Trinajstić information content (AvgIpc) is 3.02. The first-order valence-corrected chi connectivity index (χ1v) is 14.0. The molecule has 1 saturated heterocycles. The van der Waals surface area contributed by atoms with Crippen LogP contribution in [0.2, 0.25) is 0 Å². The molecule has 1 aliphatic heterocycles. The second-order valence-corrected chi connectivity index (χ2v) is 10.2. The summed E-state index contributed by atoms with van der Waals surface area (Å²) in [5.41, 5.74) is 3.66. The molecule has 0 saturated carbocycles. The van der Waals surface area contributed by atoms with E-state index in [9.17, 15) is 10.1 Å². The number of ether oxygens (including phenoxy) is 5. The van der Waals surface area contributed by atoms with E-state index in [2.05, 4.69) is 0 Å². The molecule has 42 heavy (non-hydrogen) atoms. The molecule has 0 amide bonds. The number of rotatable bonds is 13. The molecule has 8 heteroatoms. The molecule has 4 aromatic rings. The number of para-hydroxylation sites is 1. The van der Waals surface area contributed by atoms with Gasteiger partial charge in [-0.1, -0.05) is 109 Å². The third kappa shape index (κ3) is 7.80. The lowest BCUT2D eigenvalue weighted by Gasteiger charge is -2.42. The van der Waals surface area contributed by atoms with Crippen LogP contribution in [0.3, 0.4) is 0 Å². The van der Waals surface area contributed by atoms with Crippen molar-refractivity contribution in [1.29, 1.82) is 0 Å². The van der Waals surface area contributed by atoms with Gasteiger partial charge in [0.15, 0.2) is 6.10 Å². The minimum Gasteiger partial charge on any atom is -0.457 e. The molecule has 1 heterocycles. The first-order chi connectivity index (χ1) is 20.6. The van der Waals surface area contributed by atoms with Crippen LogP contribution in [0.4, 0.5) is 0 Å². The van der Waals surface area contributed by atoms with Crippen molar-refractivity contribution in [1.82, 2.24) is 0 Å². The number of nitrogens with zero attached hydrogens (tertiary/aromatic N) is 1. The molecule has 218 valence electrons. The van der Waals surface area contributed by atoms with Gasteiger partial charge >= 0.3 is 6.04 Å². The van der Waals surface area contributed by atoms with Crippen LogP contribution >= 0.6 is 0 Å². The van der Waals surface area contributed by atoms with E-state index in [1.807, 2.05) is 116 Å². The quantitative estimate of drug-likeness (QED) is 0.141. The molecule has 0 spiro atoms. The lowest BCUT2D eigenvalue weighted by atomic mass is 9.96. The number of nitro groups is 1. The van der Waals surface area contributed by atoms with Crippen molar-refractivity contribution in [2.75, 3.05) is 6.61 Å². The molecular formula is C34H35NO7. The van der Waals surface area contributed by atoms with Gasteiger partial charge in [-0.25, -0.2) is 0 Å². The molecule has 5 atom stereocenters. The molecule has 0 unspecified atom stereocenters. The molecule has 0 bridgehead atoms. The maximum atomic E-state index is 12.7. The topological polar surface area (TPSA) is 89.3 Å². The molecular weight excluding hydrogens is 534 g/mol. The van der Waals surface area contributed by atoms with Crippen molar-refractivity contribution >= 4 is 0 Å². The Labute approximate surface area is 245 Å². The van der Waals surface area contributed by atoms with Gasteiger partial charge in [0.1, 0.15) is 18.0 Å². The highest BCUT2D eigenvalue weighted by molar-refractivity contribution is 5.32. The number of hydrogen-bond donors (Lipinski definition) is 0. The van der Waals surface area contributed by atoms with Crippen LogP contribution in [0.1, 0.15) is 22.3 Å². The van der Waals surface area contributed by atoms with E-state index in [1.165, 1.54) is 0 Å². The zero-order chi connectivity index (χ0) is 29.1. The first-order valence-electron chi connectivity index (χ1n) is 14.0. The van der Waals surface area contributed by atoms with Crippen LogP contribution in [0, 0.1) is 17.0 Å². The second-order valence-electron chi connectivity index (χ2n) is 10.2. The minimum atomic E-state index is -1.36. The zero-order valence-electron chi connectivity index (χ0n) is 23.5. The van der Waals surface area contributed by atoms with Crippen LogP contribution in [0.5, 0.6) is 5.75 Å². The molecule has 1 aliphatic rings. The summed E-state index contributed by atoms with van der Waals surface area (Å²) in [5.74, 6) is 0.503. The fourth-order valence-corrected chi connectivity index (χ4v) is 4.95. The maximum absolute atomic E-state index is 12.7. The summed E-state index contributed by atoms with van der Waals surface area (Å²) < 4.78 is 31.4. The Morgan fingerprint density at radius 3 is 1.74 bits per heavy atom. The zero-order valence-corrected chi connectivity index (χ0v) is 23.5. The van der Waals surface area contributed by atoms with E-state index < -0.39 is 35.6 Å². The lowest BCUT2D eigenvalue weighted by molar-refractivity contribution is -0.572. The summed E-state index contributed by atoms with van der Waals surface area (Å²) in [4.78, 5) is 12.3. The second kappa shape index (κ2) is 14.7. The van der Waals surface area contributed by atoms with Crippen molar-refractivity contribution in [3.05, 3.63) is 148 Å². The third-order valence-electron chi connectivity index (χ3n) is 7.16. The molecule has 4 aromatic carbocycles. The fourth-order valence-electron chi connectivity index (χ4n) is 4.95. The highest BCUT2D eigenvalue weighted by Gasteiger charge is 2.55. The Balaban J connectivity index is 1.44. The third-order valence-corrected chi connectivity index (χ3v) is 7.16. The molecule has 0 aliphatic carbocycles. The van der Waals surface area contributed by atoms with Gasteiger partial charge in [0.2, 0.25) is 0 Å². The van der Waals surface area contributed by atoms with Crippen molar-refractivity contribution in [3.8, 4) is 5.75 Å². The standard InChI is InChI=1S/C34H35NO7/c1-25-13-11-12-20-29(25)41-34-31(35(36)37)33(40-23-28-18-9-4-10-19-28)32(39-22-27-16-7-3-8-17-27)30(42-34)24-38-21-26-14-5-2-6-15-26/h2-20,30-34H,21-24H2,1H3/t30-,31-,32+,33-,34+/m1/s1. The largest absolute Gasteiger partial charge is 0.457 e. The van der Waals surface area contributed by atoms with Crippen LogP contribution in [-0.2, 0) is 38.8 Å². The van der Waals surface area contributed by atoms with E-state index in [-0.39, 0.29) is 19.8 Å². The summed E-state index contributed by atoms with van der Waals surface area (Å²) in [5, 5.41) is 12.7. The van der Waals surface area contributed by atoms with Gasteiger partial charge in [0, 0.05) is 4.92 Å². The summed E-state index contributed by atoms with van der Waals surface area (Å²) in [6, 6.07) is 35.0. The van der Waals surface area contributed by atoms with Gasteiger partial charge < -0.3 is 23.7 Å². The van der Waals surface area contributed by atoms with E-state index in [0.29, 0.717) is 12.4 Å². The highest BCUT2D eigenvalue weighted by atomic mass is 16.7.